The largest absolute Gasteiger partial charge is 0.378 e. The summed E-state index contributed by atoms with van der Waals surface area (Å²) in [5, 5.41) is 0. The lowest BCUT2D eigenvalue weighted by molar-refractivity contribution is -0.123. The van der Waals surface area contributed by atoms with Gasteiger partial charge in [0.25, 0.3) is 0 Å². The molecule has 0 N–H and O–H groups in total. The van der Waals surface area contributed by atoms with E-state index in [2.05, 4.69) is 6.92 Å². The first kappa shape index (κ1) is 8.69. The predicted octanol–water partition coefficient (Wildman–Crippen LogP) is 0.377. The molecule has 9 heavy (non-hydrogen) atoms. The molecule has 54 valence electrons. The second-order valence-corrected chi connectivity index (χ2v) is 4.40. The van der Waals surface area contributed by atoms with Gasteiger partial charge in [0.05, 0.1) is 0 Å². The van der Waals surface area contributed by atoms with Crippen LogP contribution in [-0.2, 0) is 4.79 Å². The van der Waals surface area contributed by atoms with Crippen molar-refractivity contribution in [3.05, 3.63) is 0 Å². The molecule has 0 heterocycles. The van der Waals surface area contributed by atoms with E-state index in [9.17, 15) is 4.79 Å². The molecular formula is C6H15NOSi. The molecule has 0 aliphatic carbocycles. The average molecular weight is 145 g/mol. The van der Waals surface area contributed by atoms with E-state index in [1.165, 1.54) is 12.5 Å². The molecule has 0 radical (unpaired) electrons. The highest BCUT2D eigenvalue weighted by atomic mass is 28.2. The van der Waals surface area contributed by atoms with Gasteiger partial charge in [0.15, 0.2) is 0 Å². The Morgan fingerprint density at radius 2 is 2.22 bits per heavy atom. The van der Waals surface area contributed by atoms with E-state index in [1.54, 1.807) is 6.92 Å². The number of hydrogen-bond donors (Lipinski definition) is 0. The van der Waals surface area contributed by atoms with Crippen LogP contribution in [0.1, 0.15) is 20.3 Å². The van der Waals surface area contributed by atoms with Crippen molar-refractivity contribution in [3.8, 4) is 0 Å². The molecule has 0 aliphatic heterocycles. The number of hydrogen-bond acceptors (Lipinski definition) is 1. The summed E-state index contributed by atoms with van der Waals surface area (Å²) in [5.74, 6) is 0.218. The zero-order valence-electron chi connectivity index (χ0n) is 6.48. The van der Waals surface area contributed by atoms with Crippen LogP contribution in [0, 0.1) is 0 Å². The summed E-state index contributed by atoms with van der Waals surface area (Å²) in [4.78, 5) is 10.6. The van der Waals surface area contributed by atoms with Crippen LogP contribution in [0.2, 0.25) is 6.04 Å². The van der Waals surface area contributed by atoms with Gasteiger partial charge in [-0.3, -0.25) is 4.79 Å². The number of nitrogens with zero attached hydrogens (tertiary/aromatic N) is 1. The summed E-state index contributed by atoms with van der Waals surface area (Å²) in [7, 11) is 1.67. The van der Waals surface area contributed by atoms with Crippen LogP contribution in [0.4, 0.5) is 0 Å². The molecule has 0 saturated heterocycles. The van der Waals surface area contributed by atoms with Crippen LogP contribution in [0.3, 0.4) is 0 Å². The quantitative estimate of drug-likeness (QED) is 0.526. The lowest BCUT2D eigenvalue weighted by atomic mass is 10.6. The Morgan fingerprint density at radius 3 is 2.56 bits per heavy atom. The molecule has 0 bridgehead atoms. The monoisotopic (exact) mass is 145 g/mol. The molecule has 3 heteroatoms. The van der Waals surface area contributed by atoms with Gasteiger partial charge in [0.2, 0.25) is 5.91 Å². The second-order valence-electron chi connectivity index (χ2n) is 2.29. The van der Waals surface area contributed by atoms with Crippen molar-refractivity contribution in [3.63, 3.8) is 0 Å². The molecule has 0 spiro atoms. The topological polar surface area (TPSA) is 20.3 Å². The van der Waals surface area contributed by atoms with E-state index < -0.39 is 0 Å². The minimum Gasteiger partial charge on any atom is -0.378 e. The van der Waals surface area contributed by atoms with Gasteiger partial charge in [-0.1, -0.05) is 13.3 Å². The molecule has 0 saturated carbocycles. The summed E-state index contributed by atoms with van der Waals surface area (Å²) in [6.07, 6.45) is 1.21. The molecule has 1 amide bonds. The van der Waals surface area contributed by atoms with Crippen LogP contribution in [0.15, 0.2) is 0 Å². The fourth-order valence-electron chi connectivity index (χ4n) is 0.553. The van der Waals surface area contributed by atoms with Crippen LogP contribution in [0.25, 0.3) is 0 Å². The van der Waals surface area contributed by atoms with Gasteiger partial charge in [-0.2, -0.15) is 0 Å². The Kier molecular flexibility index (Phi) is 4.40. The highest BCUT2D eigenvalue weighted by molar-refractivity contribution is 6.36. The molecule has 0 aromatic carbocycles. The first-order valence-electron chi connectivity index (χ1n) is 3.40. The summed E-state index contributed by atoms with van der Waals surface area (Å²) in [6.45, 7) is 3.78. The van der Waals surface area contributed by atoms with E-state index in [1.807, 2.05) is 11.6 Å². The van der Waals surface area contributed by atoms with Crippen LogP contribution < -0.4 is 0 Å². The maximum absolute atomic E-state index is 10.6. The third-order valence-electron chi connectivity index (χ3n) is 1.38. The normalized spacial score (nSPS) is 10.6. The summed E-state index contributed by atoms with van der Waals surface area (Å²) >= 11 is 0. The summed E-state index contributed by atoms with van der Waals surface area (Å²) in [5.41, 5.74) is 0. The lowest BCUT2D eigenvalue weighted by Crippen LogP contribution is -2.27. The minimum absolute atomic E-state index is 0.218. The zero-order valence-corrected chi connectivity index (χ0v) is 7.89. The molecule has 0 unspecified atom stereocenters. The Morgan fingerprint density at radius 1 is 1.67 bits per heavy atom. The van der Waals surface area contributed by atoms with Crippen molar-refractivity contribution in [2.24, 2.45) is 0 Å². The molecule has 0 fully saturated rings. The van der Waals surface area contributed by atoms with Crippen LogP contribution in [0.5, 0.6) is 0 Å². The van der Waals surface area contributed by atoms with Crippen molar-refractivity contribution >= 4 is 15.6 Å². The molecular weight excluding hydrogens is 130 g/mol. The Hall–Kier alpha value is -0.313. The Balaban J connectivity index is 3.27. The maximum Gasteiger partial charge on any atom is 0.210 e. The van der Waals surface area contributed by atoms with Gasteiger partial charge in [-0.25, -0.2) is 0 Å². The molecule has 0 rings (SSSR count). The number of amides is 1. The first-order valence-corrected chi connectivity index (χ1v) is 5.03. The first-order chi connectivity index (χ1) is 4.18. The minimum atomic E-state index is -0.228. The van der Waals surface area contributed by atoms with E-state index in [4.69, 9.17) is 0 Å². The number of carbonyl (C=O) groups excluding carboxylic acids is 1. The molecule has 0 atom stereocenters. The van der Waals surface area contributed by atoms with Crippen LogP contribution in [-0.4, -0.2) is 27.2 Å². The fourth-order valence-corrected chi connectivity index (χ4v) is 1.66. The third-order valence-corrected chi connectivity index (χ3v) is 3.52. The third kappa shape index (κ3) is 4.21. The highest BCUT2D eigenvalue weighted by Crippen LogP contribution is 1.89. The van der Waals surface area contributed by atoms with Crippen molar-refractivity contribution in [1.29, 1.82) is 0 Å². The van der Waals surface area contributed by atoms with E-state index in [0.29, 0.717) is 0 Å². The van der Waals surface area contributed by atoms with Gasteiger partial charge in [-0.05, 0) is 13.1 Å². The van der Waals surface area contributed by atoms with E-state index in [0.717, 1.165) is 0 Å². The van der Waals surface area contributed by atoms with Gasteiger partial charge >= 0.3 is 0 Å². The fraction of sp³-hybridized carbons (Fsp3) is 0.833. The van der Waals surface area contributed by atoms with E-state index in [-0.39, 0.29) is 15.6 Å². The molecule has 0 aromatic rings. The Labute approximate surface area is 59.1 Å². The summed E-state index contributed by atoms with van der Waals surface area (Å²) < 4.78 is 1.88. The van der Waals surface area contributed by atoms with Gasteiger partial charge in [0, 0.05) is 6.92 Å². The lowest BCUT2D eigenvalue weighted by Gasteiger charge is -2.12. The second kappa shape index (κ2) is 4.55. The smallest absolute Gasteiger partial charge is 0.210 e. The summed E-state index contributed by atoms with van der Waals surface area (Å²) in [6, 6.07) is 1.25. The SMILES string of the molecule is CCC[SiH2]N(C)C(C)=O. The maximum atomic E-state index is 10.6. The van der Waals surface area contributed by atoms with Crippen LogP contribution >= 0.6 is 0 Å². The van der Waals surface area contributed by atoms with Gasteiger partial charge in [0.1, 0.15) is 9.68 Å². The highest BCUT2D eigenvalue weighted by Gasteiger charge is 1.98. The number of rotatable bonds is 3. The predicted molar refractivity (Wildman–Crippen MR) is 42.1 cm³/mol. The Bertz CT molecular complexity index is 95.1. The molecule has 0 aliphatic rings. The van der Waals surface area contributed by atoms with Crippen molar-refractivity contribution in [2.45, 2.75) is 26.3 Å². The van der Waals surface area contributed by atoms with Gasteiger partial charge < -0.3 is 4.57 Å². The van der Waals surface area contributed by atoms with Crippen molar-refractivity contribution < 1.29 is 4.79 Å². The van der Waals surface area contributed by atoms with Crippen molar-refractivity contribution in [1.82, 2.24) is 4.57 Å². The average Bonchev–Trinajstić information content (AvgIpc) is 1.82. The van der Waals surface area contributed by atoms with Crippen molar-refractivity contribution in [2.75, 3.05) is 7.05 Å². The standard InChI is InChI=1S/C6H15NOSi/c1-4-5-9-7(3)6(2)8/h4-5,9H2,1-3H3. The number of carbonyl (C=O) groups is 1. The molecule has 2 nitrogen and oxygen atoms in total. The molecule has 0 aromatic heterocycles. The van der Waals surface area contributed by atoms with E-state index >= 15 is 0 Å². The zero-order chi connectivity index (χ0) is 7.28. The van der Waals surface area contributed by atoms with Gasteiger partial charge in [-0.15, -0.1) is 0 Å².